The Kier molecular flexibility index (Phi) is 4.90. The van der Waals surface area contributed by atoms with Crippen LogP contribution in [0.4, 0.5) is 24.9 Å². The van der Waals surface area contributed by atoms with E-state index in [4.69, 9.17) is 10.9 Å². The minimum Gasteiger partial charge on any atom is -0.394 e. The van der Waals surface area contributed by atoms with Crippen molar-refractivity contribution in [3.05, 3.63) is 11.8 Å². The van der Waals surface area contributed by atoms with Crippen LogP contribution in [-0.2, 0) is 6.18 Å². The maximum Gasteiger partial charge on any atom is 0.433 e. The van der Waals surface area contributed by atoms with Crippen molar-refractivity contribution < 1.29 is 18.3 Å². The number of anilines is 2. The molecule has 0 spiro atoms. The van der Waals surface area contributed by atoms with Crippen molar-refractivity contribution in [2.75, 3.05) is 17.3 Å². The molecule has 0 fully saturated rings. The van der Waals surface area contributed by atoms with E-state index in [0.29, 0.717) is 0 Å². The summed E-state index contributed by atoms with van der Waals surface area (Å²) in [6, 6.07) is 0.355. The Morgan fingerprint density at radius 1 is 1.37 bits per heavy atom. The highest BCUT2D eigenvalue weighted by Crippen LogP contribution is 2.29. The molecule has 9 heteroatoms. The molecule has 0 saturated heterocycles. The minimum absolute atomic E-state index is 0.0172. The van der Waals surface area contributed by atoms with Crippen molar-refractivity contribution in [2.45, 2.75) is 26.1 Å². The third-order valence-electron chi connectivity index (χ3n) is 2.48. The molecule has 0 aliphatic carbocycles. The van der Waals surface area contributed by atoms with Crippen LogP contribution in [0.3, 0.4) is 0 Å². The second-order valence-corrected chi connectivity index (χ2v) is 4.28. The topological polar surface area (TPSA) is 96.1 Å². The van der Waals surface area contributed by atoms with Gasteiger partial charge >= 0.3 is 6.18 Å². The summed E-state index contributed by atoms with van der Waals surface area (Å²) < 4.78 is 37.9. The average molecular weight is 279 g/mol. The first-order valence-corrected chi connectivity index (χ1v) is 5.58. The summed E-state index contributed by atoms with van der Waals surface area (Å²) in [5.74, 6) is 4.65. The number of alkyl halides is 3. The number of aliphatic hydroxyl groups is 1. The molecule has 0 bridgehead atoms. The van der Waals surface area contributed by atoms with Crippen molar-refractivity contribution in [3.63, 3.8) is 0 Å². The fourth-order valence-corrected chi connectivity index (χ4v) is 1.34. The number of nitrogens with one attached hydrogen (secondary N) is 2. The smallest absolute Gasteiger partial charge is 0.394 e. The van der Waals surface area contributed by atoms with Crippen molar-refractivity contribution >= 4 is 11.8 Å². The quantitative estimate of drug-likeness (QED) is 0.478. The number of hydrogen-bond acceptors (Lipinski definition) is 6. The zero-order valence-electron chi connectivity index (χ0n) is 10.5. The Hall–Kier alpha value is -1.61. The third kappa shape index (κ3) is 4.21. The van der Waals surface area contributed by atoms with E-state index < -0.39 is 17.9 Å². The lowest BCUT2D eigenvalue weighted by molar-refractivity contribution is -0.141. The number of hydrogen-bond donors (Lipinski definition) is 4. The van der Waals surface area contributed by atoms with Gasteiger partial charge in [-0.2, -0.15) is 18.2 Å². The highest BCUT2D eigenvalue weighted by atomic mass is 19.4. The number of aliphatic hydroxyl groups excluding tert-OH is 1. The van der Waals surface area contributed by atoms with Gasteiger partial charge in [-0.05, 0) is 5.92 Å². The zero-order valence-corrected chi connectivity index (χ0v) is 10.5. The number of nitrogens with zero attached hydrogens (tertiary/aromatic N) is 2. The van der Waals surface area contributed by atoms with E-state index in [9.17, 15) is 13.2 Å². The SMILES string of the molecule is CC(C)C(CO)Nc1cc(C(F)(F)F)nc(NN)n1. The lowest BCUT2D eigenvalue weighted by atomic mass is 10.1. The van der Waals surface area contributed by atoms with Gasteiger partial charge in [-0.1, -0.05) is 13.8 Å². The fourth-order valence-electron chi connectivity index (χ4n) is 1.34. The lowest BCUT2D eigenvalue weighted by Gasteiger charge is -2.21. The molecule has 1 rings (SSSR count). The molecular formula is C10H16F3N5O. The summed E-state index contributed by atoms with van der Waals surface area (Å²) in [7, 11) is 0. The molecule has 0 amide bonds. The van der Waals surface area contributed by atoms with Crippen LogP contribution in [0.15, 0.2) is 6.07 Å². The Morgan fingerprint density at radius 2 is 2.00 bits per heavy atom. The monoisotopic (exact) mass is 279 g/mol. The number of hydrazine groups is 1. The number of aromatic nitrogens is 2. The Labute approximate surface area is 108 Å². The van der Waals surface area contributed by atoms with Crippen LogP contribution in [0.5, 0.6) is 0 Å². The minimum atomic E-state index is -4.60. The maximum atomic E-state index is 12.6. The largest absolute Gasteiger partial charge is 0.433 e. The molecule has 0 saturated carbocycles. The summed E-state index contributed by atoms with van der Waals surface area (Å²) >= 11 is 0. The number of nitrogens with two attached hydrogens (primary N) is 1. The van der Waals surface area contributed by atoms with E-state index in [0.717, 1.165) is 6.07 Å². The Balaban J connectivity index is 3.07. The number of nitrogen functional groups attached to an aromatic ring is 1. The van der Waals surface area contributed by atoms with Crippen LogP contribution in [-0.4, -0.2) is 27.7 Å². The van der Waals surface area contributed by atoms with Crippen LogP contribution in [0.25, 0.3) is 0 Å². The van der Waals surface area contributed by atoms with Crippen LogP contribution in [0.1, 0.15) is 19.5 Å². The second kappa shape index (κ2) is 6.02. The maximum absolute atomic E-state index is 12.6. The molecule has 6 nitrogen and oxygen atoms in total. The van der Waals surface area contributed by atoms with E-state index in [1.807, 2.05) is 19.3 Å². The van der Waals surface area contributed by atoms with Crippen LogP contribution >= 0.6 is 0 Å². The summed E-state index contributed by atoms with van der Waals surface area (Å²) in [6.07, 6.45) is -4.60. The van der Waals surface area contributed by atoms with Crippen LogP contribution < -0.4 is 16.6 Å². The molecule has 1 unspecified atom stereocenters. The van der Waals surface area contributed by atoms with Gasteiger partial charge in [0.1, 0.15) is 5.82 Å². The molecule has 0 aliphatic rings. The van der Waals surface area contributed by atoms with Crippen LogP contribution in [0.2, 0.25) is 0 Å². The van der Waals surface area contributed by atoms with Crippen LogP contribution in [0, 0.1) is 5.92 Å². The third-order valence-corrected chi connectivity index (χ3v) is 2.48. The van der Waals surface area contributed by atoms with Gasteiger partial charge in [-0.3, -0.25) is 5.43 Å². The van der Waals surface area contributed by atoms with Gasteiger partial charge in [0.05, 0.1) is 12.6 Å². The molecule has 1 heterocycles. The van der Waals surface area contributed by atoms with E-state index in [2.05, 4.69) is 15.3 Å². The molecule has 1 atom stereocenters. The molecule has 1 aromatic heterocycles. The van der Waals surface area contributed by atoms with Gasteiger partial charge < -0.3 is 10.4 Å². The summed E-state index contributed by atoms with van der Waals surface area (Å²) in [5, 5.41) is 11.9. The first kappa shape index (κ1) is 15.4. The highest BCUT2D eigenvalue weighted by molar-refractivity contribution is 5.43. The van der Waals surface area contributed by atoms with Gasteiger partial charge in [-0.15, -0.1) is 0 Å². The predicted octanol–water partition coefficient (Wildman–Crippen LogP) is 1.21. The van der Waals surface area contributed by atoms with Crippen molar-refractivity contribution in [1.82, 2.24) is 9.97 Å². The zero-order chi connectivity index (χ0) is 14.6. The van der Waals surface area contributed by atoms with E-state index >= 15 is 0 Å². The van der Waals surface area contributed by atoms with Gasteiger partial charge in [0.2, 0.25) is 5.95 Å². The molecule has 5 N–H and O–H groups in total. The molecule has 1 aromatic rings. The Morgan fingerprint density at radius 3 is 2.42 bits per heavy atom. The highest BCUT2D eigenvalue weighted by Gasteiger charge is 2.34. The van der Waals surface area contributed by atoms with E-state index in [-0.39, 0.29) is 24.3 Å². The lowest BCUT2D eigenvalue weighted by Crippen LogP contribution is -2.30. The van der Waals surface area contributed by atoms with Gasteiger partial charge in [0.15, 0.2) is 5.69 Å². The summed E-state index contributed by atoms with van der Waals surface area (Å²) in [5.41, 5.74) is 0.863. The molecule has 108 valence electrons. The van der Waals surface area contributed by atoms with Gasteiger partial charge in [0, 0.05) is 6.07 Å². The molecule has 0 aromatic carbocycles. The number of halogens is 3. The van der Waals surface area contributed by atoms with Gasteiger partial charge in [-0.25, -0.2) is 10.8 Å². The first-order valence-electron chi connectivity index (χ1n) is 5.58. The molecule has 19 heavy (non-hydrogen) atoms. The fraction of sp³-hybridized carbons (Fsp3) is 0.600. The Bertz CT molecular complexity index is 424. The second-order valence-electron chi connectivity index (χ2n) is 4.28. The predicted molar refractivity (Wildman–Crippen MR) is 64.2 cm³/mol. The first-order chi connectivity index (χ1) is 8.77. The summed E-state index contributed by atoms with van der Waals surface area (Å²) in [4.78, 5) is 6.99. The van der Waals surface area contributed by atoms with E-state index in [1.54, 1.807) is 0 Å². The molecule has 0 aliphatic heterocycles. The van der Waals surface area contributed by atoms with E-state index in [1.165, 1.54) is 0 Å². The van der Waals surface area contributed by atoms with Crippen molar-refractivity contribution in [3.8, 4) is 0 Å². The standard InChI is InChI=1S/C10H16F3N5O/c1-5(2)6(4-19)15-8-3-7(10(11,12)13)16-9(17-8)18-14/h3,5-6,19H,4,14H2,1-2H3,(H2,15,16,17,18). The van der Waals surface area contributed by atoms with Gasteiger partial charge in [0.25, 0.3) is 0 Å². The normalized spacial score (nSPS) is 13.5. The average Bonchev–Trinajstić information content (AvgIpc) is 2.34. The van der Waals surface area contributed by atoms with Crippen molar-refractivity contribution in [1.29, 1.82) is 0 Å². The molecular weight excluding hydrogens is 263 g/mol. The van der Waals surface area contributed by atoms with Crippen molar-refractivity contribution in [2.24, 2.45) is 11.8 Å². The number of rotatable bonds is 5. The summed E-state index contributed by atoms with van der Waals surface area (Å²) in [6.45, 7) is 3.41. The molecule has 0 radical (unpaired) electrons.